The van der Waals surface area contributed by atoms with E-state index >= 15 is 0 Å². The second-order valence-corrected chi connectivity index (χ2v) is 4.51. The number of likely N-dealkylation sites (N-methyl/N-ethyl adjacent to an activating group) is 1. The summed E-state index contributed by atoms with van der Waals surface area (Å²) >= 11 is 0. The van der Waals surface area contributed by atoms with Crippen molar-refractivity contribution < 1.29 is 28.8 Å². The fourth-order valence-electron chi connectivity index (χ4n) is 1.87. The Balaban J connectivity index is 2.17. The van der Waals surface area contributed by atoms with E-state index in [4.69, 9.17) is 9.47 Å². The molecule has 10 heteroatoms. The second kappa shape index (κ2) is 6.73. The van der Waals surface area contributed by atoms with Gasteiger partial charge in [-0.25, -0.2) is 0 Å². The fourth-order valence-corrected chi connectivity index (χ4v) is 1.87. The van der Waals surface area contributed by atoms with E-state index in [1.807, 2.05) is 0 Å². The minimum Gasteiger partial charge on any atom is -0.482 e. The second-order valence-electron chi connectivity index (χ2n) is 4.51. The summed E-state index contributed by atoms with van der Waals surface area (Å²) in [6.45, 7) is -1.25. The van der Waals surface area contributed by atoms with Gasteiger partial charge in [-0.05, 0) is 6.07 Å². The largest absolute Gasteiger partial charge is 0.482 e. The van der Waals surface area contributed by atoms with E-state index in [1.165, 1.54) is 19.2 Å². The number of hydrogen-bond donors (Lipinski definition) is 1. The molecule has 1 heterocycles. The van der Waals surface area contributed by atoms with Gasteiger partial charge in [0.25, 0.3) is 17.5 Å². The summed E-state index contributed by atoms with van der Waals surface area (Å²) in [5.74, 6) is -1.62. The van der Waals surface area contributed by atoms with Crippen LogP contribution in [0.3, 0.4) is 0 Å². The van der Waals surface area contributed by atoms with Crippen molar-refractivity contribution in [2.45, 2.75) is 0 Å². The van der Waals surface area contributed by atoms with Gasteiger partial charge < -0.3 is 14.8 Å². The van der Waals surface area contributed by atoms with Gasteiger partial charge in [0.1, 0.15) is 12.3 Å². The number of rotatable bonds is 5. The third kappa shape index (κ3) is 3.73. The monoisotopic (exact) mass is 323 g/mol. The highest BCUT2D eigenvalue weighted by atomic mass is 16.6. The highest BCUT2D eigenvalue weighted by Crippen LogP contribution is 2.35. The maximum atomic E-state index is 11.9. The molecule has 1 aromatic rings. The highest BCUT2D eigenvalue weighted by Gasteiger charge is 2.29. The number of nitrogens with one attached hydrogen (secondary N) is 1. The van der Waals surface area contributed by atoms with Crippen LogP contribution in [0, 0.1) is 10.1 Å². The number of fused-ring (bicyclic) bond motifs is 1. The highest BCUT2D eigenvalue weighted by molar-refractivity contribution is 6.01. The van der Waals surface area contributed by atoms with E-state index in [9.17, 15) is 24.5 Å². The van der Waals surface area contributed by atoms with Crippen molar-refractivity contribution in [2.24, 2.45) is 0 Å². The van der Waals surface area contributed by atoms with Crippen LogP contribution in [-0.4, -0.2) is 49.5 Å². The minimum absolute atomic E-state index is 0.104. The van der Waals surface area contributed by atoms with Crippen LogP contribution in [0.1, 0.15) is 0 Å². The van der Waals surface area contributed by atoms with E-state index in [2.05, 4.69) is 5.32 Å². The number of amides is 2. The number of benzene rings is 1. The summed E-state index contributed by atoms with van der Waals surface area (Å²) in [5, 5.41) is 13.1. The first-order valence-corrected chi connectivity index (χ1v) is 6.50. The molecule has 0 fully saturated rings. The lowest BCUT2D eigenvalue weighted by atomic mass is 10.2. The van der Waals surface area contributed by atoms with Crippen molar-refractivity contribution >= 4 is 29.2 Å². The number of nitrogens with zero attached hydrogens (tertiary/aromatic N) is 2. The molecule has 0 atom stereocenters. The Kier molecular flexibility index (Phi) is 4.74. The summed E-state index contributed by atoms with van der Waals surface area (Å²) in [6, 6.07) is 3.72. The van der Waals surface area contributed by atoms with Crippen molar-refractivity contribution in [1.29, 1.82) is 0 Å². The van der Waals surface area contributed by atoms with Crippen molar-refractivity contribution in [3.05, 3.63) is 28.3 Å². The first-order valence-electron chi connectivity index (χ1n) is 6.50. The average molecular weight is 323 g/mol. The Labute approximate surface area is 130 Å². The molecule has 1 aliphatic heterocycles. The molecule has 0 unspecified atom stereocenters. The van der Waals surface area contributed by atoms with Crippen LogP contribution in [0.25, 0.3) is 0 Å². The molecule has 0 bridgehead atoms. The van der Waals surface area contributed by atoms with Gasteiger partial charge in [-0.2, -0.15) is 0 Å². The van der Waals surface area contributed by atoms with Gasteiger partial charge in [0.15, 0.2) is 13.2 Å². The molecule has 0 aliphatic carbocycles. The lowest BCUT2D eigenvalue weighted by Crippen LogP contribution is -2.43. The molecular weight excluding hydrogens is 310 g/mol. The minimum atomic E-state index is -0.818. The fraction of sp³-hybridized carbons (Fsp3) is 0.308. The van der Waals surface area contributed by atoms with Crippen LogP contribution >= 0.6 is 0 Å². The number of nitro benzene ring substituents is 1. The number of carbonyl (C=O) groups is 3. The first-order chi connectivity index (χ1) is 10.9. The molecule has 0 aromatic heterocycles. The number of carbonyl (C=O) groups excluding carboxylic acids is 3. The Bertz CT molecular complexity index is 674. The van der Waals surface area contributed by atoms with Gasteiger partial charge in [-0.15, -0.1) is 0 Å². The van der Waals surface area contributed by atoms with E-state index in [0.29, 0.717) is 0 Å². The topological polar surface area (TPSA) is 128 Å². The third-order valence-corrected chi connectivity index (χ3v) is 3.03. The van der Waals surface area contributed by atoms with Gasteiger partial charge in [0, 0.05) is 19.2 Å². The standard InChI is InChI=1S/C13H13N3O7/c1-14-11(17)6-23-13(19)5-15-9-4-8(16(20)21)2-3-10(9)22-7-12(15)18/h2-4H,5-7H2,1H3,(H,14,17). The summed E-state index contributed by atoms with van der Waals surface area (Å²) in [6.07, 6.45) is 0. The van der Waals surface area contributed by atoms with Crippen molar-refractivity contribution in [1.82, 2.24) is 5.32 Å². The Morgan fingerprint density at radius 3 is 2.87 bits per heavy atom. The number of anilines is 1. The third-order valence-electron chi connectivity index (χ3n) is 3.03. The molecule has 0 spiro atoms. The predicted molar refractivity (Wildman–Crippen MR) is 76.0 cm³/mol. The van der Waals surface area contributed by atoms with Gasteiger partial charge >= 0.3 is 5.97 Å². The maximum Gasteiger partial charge on any atom is 0.326 e. The quantitative estimate of drug-likeness (QED) is 0.444. The summed E-state index contributed by atoms with van der Waals surface area (Å²) < 4.78 is 9.89. The normalized spacial score (nSPS) is 12.9. The number of esters is 1. The number of nitro groups is 1. The Morgan fingerprint density at radius 1 is 1.48 bits per heavy atom. The van der Waals surface area contributed by atoms with Crippen LogP contribution in [0.5, 0.6) is 5.75 Å². The molecule has 2 rings (SSSR count). The zero-order valence-electron chi connectivity index (χ0n) is 12.1. The van der Waals surface area contributed by atoms with Gasteiger partial charge in [0.2, 0.25) is 0 Å². The van der Waals surface area contributed by atoms with Gasteiger partial charge in [-0.3, -0.25) is 29.4 Å². The van der Waals surface area contributed by atoms with E-state index in [-0.39, 0.29) is 23.7 Å². The molecular formula is C13H13N3O7. The van der Waals surface area contributed by atoms with Crippen LogP contribution in [0.4, 0.5) is 11.4 Å². The summed E-state index contributed by atoms with van der Waals surface area (Å²) in [7, 11) is 1.39. The Hall–Kier alpha value is -3.17. The number of hydrogen-bond acceptors (Lipinski definition) is 7. The number of ether oxygens (including phenoxy) is 2. The smallest absolute Gasteiger partial charge is 0.326 e. The average Bonchev–Trinajstić information content (AvgIpc) is 2.54. The molecule has 23 heavy (non-hydrogen) atoms. The van der Waals surface area contributed by atoms with Crippen molar-refractivity contribution in [2.75, 3.05) is 31.7 Å². The van der Waals surface area contributed by atoms with Crippen LogP contribution in [0.2, 0.25) is 0 Å². The van der Waals surface area contributed by atoms with Crippen LogP contribution < -0.4 is 15.0 Å². The molecule has 2 amide bonds. The lowest BCUT2D eigenvalue weighted by molar-refractivity contribution is -0.384. The SMILES string of the molecule is CNC(=O)COC(=O)CN1C(=O)COc2ccc([N+](=O)[O-])cc21. The van der Waals surface area contributed by atoms with E-state index in [0.717, 1.165) is 11.0 Å². The zero-order valence-corrected chi connectivity index (χ0v) is 12.1. The van der Waals surface area contributed by atoms with Gasteiger partial charge in [0.05, 0.1) is 10.6 Å². The summed E-state index contributed by atoms with van der Waals surface area (Å²) in [5.41, 5.74) is -0.141. The first kappa shape index (κ1) is 16.2. The molecule has 1 aliphatic rings. The van der Waals surface area contributed by atoms with Crippen molar-refractivity contribution in [3.8, 4) is 5.75 Å². The molecule has 10 nitrogen and oxygen atoms in total. The predicted octanol–water partition coefficient (Wildman–Crippen LogP) is -0.391. The van der Waals surface area contributed by atoms with Crippen LogP contribution in [-0.2, 0) is 19.1 Å². The van der Waals surface area contributed by atoms with E-state index in [1.54, 1.807) is 0 Å². The molecule has 1 aromatic carbocycles. The maximum absolute atomic E-state index is 11.9. The molecule has 0 saturated heterocycles. The van der Waals surface area contributed by atoms with Gasteiger partial charge in [-0.1, -0.05) is 0 Å². The zero-order chi connectivity index (χ0) is 17.0. The molecule has 0 saturated carbocycles. The molecule has 0 radical (unpaired) electrons. The number of non-ortho nitro benzene ring substituents is 1. The van der Waals surface area contributed by atoms with Crippen LogP contribution in [0.15, 0.2) is 18.2 Å². The lowest BCUT2D eigenvalue weighted by Gasteiger charge is -2.28. The van der Waals surface area contributed by atoms with E-state index < -0.39 is 35.9 Å². The Morgan fingerprint density at radius 2 is 2.22 bits per heavy atom. The van der Waals surface area contributed by atoms with Crippen molar-refractivity contribution in [3.63, 3.8) is 0 Å². The summed E-state index contributed by atoms with van der Waals surface area (Å²) in [4.78, 5) is 45.9. The molecule has 1 N–H and O–H groups in total. The molecule has 122 valence electrons.